The number of carbonyl (C=O) groups is 1. The lowest BCUT2D eigenvalue weighted by atomic mass is 10.0. The van der Waals surface area contributed by atoms with E-state index in [-0.39, 0.29) is 18.3 Å². The van der Waals surface area contributed by atoms with Gasteiger partial charge >= 0.3 is 0 Å². The number of carbonyl (C=O) groups excluding carboxylic acids is 1. The molecule has 4 nitrogen and oxygen atoms in total. The molecule has 0 aliphatic heterocycles. The Bertz CT molecular complexity index is 407. The summed E-state index contributed by atoms with van der Waals surface area (Å²) in [5.41, 5.74) is 1.29. The van der Waals surface area contributed by atoms with Crippen molar-refractivity contribution in [2.75, 3.05) is 33.8 Å². The molecule has 1 rings (SSSR count). The van der Waals surface area contributed by atoms with Gasteiger partial charge in [-0.2, -0.15) is 0 Å². The highest BCUT2D eigenvalue weighted by Crippen LogP contribution is 2.18. The van der Waals surface area contributed by atoms with Gasteiger partial charge in [0.1, 0.15) is 5.75 Å². The summed E-state index contributed by atoms with van der Waals surface area (Å²) in [6.07, 6.45) is 0.409. The Morgan fingerprint density at radius 2 is 1.90 bits per heavy atom. The summed E-state index contributed by atoms with van der Waals surface area (Å²) in [4.78, 5) is 13.5. The summed E-state index contributed by atoms with van der Waals surface area (Å²) >= 11 is 0. The van der Waals surface area contributed by atoms with Crippen LogP contribution in [0.3, 0.4) is 0 Å². The Kier molecular flexibility index (Phi) is 9.84. The molecule has 0 aromatic heterocycles. The van der Waals surface area contributed by atoms with E-state index >= 15 is 0 Å². The molecule has 120 valence electrons. The van der Waals surface area contributed by atoms with Crippen molar-refractivity contribution in [1.82, 2.24) is 10.2 Å². The maximum atomic E-state index is 11.8. The Morgan fingerprint density at radius 1 is 1.29 bits per heavy atom. The number of nitrogens with one attached hydrogen (secondary N) is 1. The van der Waals surface area contributed by atoms with Gasteiger partial charge in [0.2, 0.25) is 5.91 Å². The van der Waals surface area contributed by atoms with E-state index in [1.165, 1.54) is 5.56 Å². The van der Waals surface area contributed by atoms with Gasteiger partial charge in [-0.1, -0.05) is 26.0 Å². The van der Waals surface area contributed by atoms with E-state index in [0.717, 1.165) is 18.8 Å². The van der Waals surface area contributed by atoms with Crippen LogP contribution in [0.15, 0.2) is 24.3 Å². The summed E-state index contributed by atoms with van der Waals surface area (Å²) in [6, 6.07) is 8.07. The largest absolute Gasteiger partial charge is 0.493 e. The normalized spacial score (nSPS) is 10.1. The van der Waals surface area contributed by atoms with E-state index in [4.69, 9.17) is 4.74 Å². The predicted octanol–water partition coefficient (Wildman–Crippen LogP) is 2.68. The Labute approximate surface area is 134 Å². The second kappa shape index (κ2) is 10.5. The minimum absolute atomic E-state index is 0. The summed E-state index contributed by atoms with van der Waals surface area (Å²) in [5, 5.41) is 3.02. The number of likely N-dealkylation sites (N-methyl/N-ethyl adjacent to an activating group) is 2. The highest BCUT2D eigenvalue weighted by atomic mass is 35.5. The molecule has 0 aliphatic carbocycles. The fourth-order valence-electron chi connectivity index (χ4n) is 1.80. The van der Waals surface area contributed by atoms with Crippen molar-refractivity contribution in [3.8, 4) is 5.75 Å². The molecule has 0 spiro atoms. The first-order valence-electron chi connectivity index (χ1n) is 7.16. The number of halogens is 1. The molecule has 1 N–H and O–H groups in total. The number of hydrogen-bond acceptors (Lipinski definition) is 3. The molecule has 0 saturated heterocycles. The van der Waals surface area contributed by atoms with E-state index in [0.29, 0.717) is 18.9 Å². The van der Waals surface area contributed by atoms with E-state index in [9.17, 15) is 4.79 Å². The van der Waals surface area contributed by atoms with Crippen molar-refractivity contribution in [3.05, 3.63) is 29.8 Å². The lowest BCUT2D eigenvalue weighted by Crippen LogP contribution is -2.33. The molecular weight excluding hydrogens is 288 g/mol. The zero-order valence-electron chi connectivity index (χ0n) is 13.4. The SMILES string of the molecule is CNCCN(C)C(=O)CCOc1ccc(C(C)C)cc1.Cl. The van der Waals surface area contributed by atoms with Crippen molar-refractivity contribution in [3.63, 3.8) is 0 Å². The smallest absolute Gasteiger partial charge is 0.225 e. The molecule has 0 aliphatic rings. The van der Waals surface area contributed by atoms with E-state index < -0.39 is 0 Å². The molecular formula is C16H27ClN2O2. The van der Waals surface area contributed by atoms with Crippen molar-refractivity contribution in [1.29, 1.82) is 0 Å². The third kappa shape index (κ3) is 7.34. The summed E-state index contributed by atoms with van der Waals surface area (Å²) < 4.78 is 5.60. The van der Waals surface area contributed by atoms with Gasteiger partial charge in [0.05, 0.1) is 13.0 Å². The minimum atomic E-state index is 0. The van der Waals surface area contributed by atoms with Crippen LogP contribution >= 0.6 is 12.4 Å². The van der Waals surface area contributed by atoms with Crippen molar-refractivity contribution in [2.45, 2.75) is 26.2 Å². The minimum Gasteiger partial charge on any atom is -0.493 e. The Balaban J connectivity index is 0.00000400. The second-order valence-corrected chi connectivity index (χ2v) is 5.24. The molecule has 0 fully saturated rings. The van der Waals surface area contributed by atoms with Gasteiger partial charge in [-0.05, 0) is 30.7 Å². The number of nitrogens with zero attached hydrogens (tertiary/aromatic N) is 1. The van der Waals surface area contributed by atoms with Crippen LogP contribution in [0.1, 0.15) is 31.7 Å². The summed E-state index contributed by atoms with van der Waals surface area (Å²) in [7, 11) is 3.69. The summed E-state index contributed by atoms with van der Waals surface area (Å²) in [5.74, 6) is 1.45. The number of hydrogen-bond donors (Lipinski definition) is 1. The maximum Gasteiger partial charge on any atom is 0.225 e. The maximum absolute atomic E-state index is 11.8. The van der Waals surface area contributed by atoms with Crippen LogP contribution in [0.5, 0.6) is 5.75 Å². The van der Waals surface area contributed by atoms with Crippen molar-refractivity contribution in [2.24, 2.45) is 0 Å². The molecule has 0 radical (unpaired) electrons. The molecule has 0 heterocycles. The summed E-state index contributed by atoms with van der Waals surface area (Å²) in [6.45, 7) is 6.27. The van der Waals surface area contributed by atoms with Gasteiger partial charge in [-0.25, -0.2) is 0 Å². The third-order valence-electron chi connectivity index (χ3n) is 3.25. The van der Waals surface area contributed by atoms with Crippen molar-refractivity contribution >= 4 is 18.3 Å². The Hall–Kier alpha value is -1.26. The monoisotopic (exact) mass is 314 g/mol. The molecule has 1 amide bonds. The highest BCUT2D eigenvalue weighted by molar-refractivity contribution is 5.85. The first-order chi connectivity index (χ1) is 9.54. The van der Waals surface area contributed by atoms with Crippen LogP contribution in [-0.2, 0) is 4.79 Å². The van der Waals surface area contributed by atoms with Gasteiger partial charge in [0.15, 0.2) is 0 Å². The second-order valence-electron chi connectivity index (χ2n) is 5.24. The zero-order chi connectivity index (χ0) is 15.0. The lowest BCUT2D eigenvalue weighted by molar-refractivity contribution is -0.130. The average molecular weight is 315 g/mol. The lowest BCUT2D eigenvalue weighted by Gasteiger charge is -2.17. The number of rotatable bonds is 8. The fraction of sp³-hybridized carbons (Fsp3) is 0.562. The average Bonchev–Trinajstić information content (AvgIpc) is 2.45. The molecule has 0 bridgehead atoms. The van der Waals surface area contributed by atoms with E-state index in [1.807, 2.05) is 26.2 Å². The topological polar surface area (TPSA) is 41.6 Å². The fourth-order valence-corrected chi connectivity index (χ4v) is 1.80. The number of ether oxygens (including phenoxy) is 1. The molecule has 0 atom stereocenters. The molecule has 5 heteroatoms. The number of benzene rings is 1. The van der Waals surface area contributed by atoms with Crippen LogP contribution in [-0.4, -0.2) is 44.6 Å². The highest BCUT2D eigenvalue weighted by Gasteiger charge is 2.08. The third-order valence-corrected chi connectivity index (χ3v) is 3.25. The molecule has 21 heavy (non-hydrogen) atoms. The van der Waals surface area contributed by atoms with Gasteiger partial charge in [-0.3, -0.25) is 4.79 Å². The van der Waals surface area contributed by atoms with E-state index in [2.05, 4.69) is 31.3 Å². The predicted molar refractivity (Wildman–Crippen MR) is 89.5 cm³/mol. The van der Waals surface area contributed by atoms with Crippen LogP contribution in [0.25, 0.3) is 0 Å². The number of amides is 1. The first kappa shape index (κ1) is 19.7. The first-order valence-corrected chi connectivity index (χ1v) is 7.16. The van der Waals surface area contributed by atoms with Gasteiger partial charge in [-0.15, -0.1) is 12.4 Å². The van der Waals surface area contributed by atoms with Gasteiger partial charge in [0.25, 0.3) is 0 Å². The molecule has 1 aromatic rings. The van der Waals surface area contributed by atoms with Crippen LogP contribution in [0.2, 0.25) is 0 Å². The molecule has 0 saturated carbocycles. The molecule has 1 aromatic carbocycles. The van der Waals surface area contributed by atoms with Crippen LogP contribution in [0, 0.1) is 0 Å². The van der Waals surface area contributed by atoms with Gasteiger partial charge in [0, 0.05) is 20.1 Å². The molecule has 0 unspecified atom stereocenters. The van der Waals surface area contributed by atoms with Crippen molar-refractivity contribution < 1.29 is 9.53 Å². The van der Waals surface area contributed by atoms with Crippen LogP contribution < -0.4 is 10.1 Å². The zero-order valence-corrected chi connectivity index (χ0v) is 14.2. The van der Waals surface area contributed by atoms with Gasteiger partial charge < -0.3 is 15.0 Å². The Morgan fingerprint density at radius 3 is 2.43 bits per heavy atom. The van der Waals surface area contributed by atoms with Crippen LogP contribution in [0.4, 0.5) is 0 Å². The van der Waals surface area contributed by atoms with E-state index in [1.54, 1.807) is 4.90 Å². The standard InChI is InChI=1S/C16H26N2O2.ClH/c1-13(2)14-5-7-15(8-6-14)20-12-9-16(19)18(4)11-10-17-3;/h5-8,13,17H,9-12H2,1-4H3;1H. The quantitative estimate of drug-likeness (QED) is 0.802.